The number of amides is 1. The molecule has 38 heavy (non-hydrogen) atoms. The van der Waals surface area contributed by atoms with E-state index in [4.69, 9.17) is 27.2 Å². The highest BCUT2D eigenvalue weighted by Crippen LogP contribution is 2.37. The van der Waals surface area contributed by atoms with Crippen LogP contribution in [-0.2, 0) is 11.4 Å². The van der Waals surface area contributed by atoms with Gasteiger partial charge in [-0.3, -0.25) is 9.78 Å². The number of anilines is 1. The molecular weight excluding hydrogens is 504 g/mol. The molecule has 196 valence electrons. The van der Waals surface area contributed by atoms with Crippen molar-refractivity contribution in [2.24, 2.45) is 0 Å². The molecule has 1 atom stereocenters. The maximum absolute atomic E-state index is 12.7. The van der Waals surface area contributed by atoms with E-state index in [1.54, 1.807) is 18.3 Å². The molecule has 1 aromatic carbocycles. The Hall–Kier alpha value is -4.02. The average molecular weight is 533 g/mol. The van der Waals surface area contributed by atoms with Crippen LogP contribution in [0.5, 0.6) is 5.75 Å². The van der Waals surface area contributed by atoms with E-state index in [1.165, 1.54) is 6.33 Å². The van der Waals surface area contributed by atoms with Gasteiger partial charge < -0.3 is 20.3 Å². The molecule has 5 rings (SSSR count). The van der Waals surface area contributed by atoms with E-state index < -0.39 is 0 Å². The Balaban J connectivity index is 1.40. The van der Waals surface area contributed by atoms with Gasteiger partial charge in [0.15, 0.2) is 5.65 Å². The molecule has 0 spiro atoms. The molecule has 2 N–H and O–H groups in total. The molecule has 1 saturated heterocycles. The fourth-order valence-corrected chi connectivity index (χ4v) is 4.70. The summed E-state index contributed by atoms with van der Waals surface area (Å²) < 4.78 is 7.73. The topological polar surface area (TPSA) is 115 Å². The summed E-state index contributed by atoms with van der Waals surface area (Å²) in [7, 11) is 3.93. The first-order chi connectivity index (χ1) is 18.4. The fraction of sp³-hybridized carbons (Fsp3) is 0.296. The van der Waals surface area contributed by atoms with E-state index in [9.17, 15) is 4.79 Å². The zero-order valence-corrected chi connectivity index (χ0v) is 22.0. The molecule has 1 fully saturated rings. The van der Waals surface area contributed by atoms with Crippen molar-refractivity contribution in [3.8, 4) is 17.0 Å². The molecule has 1 aliphatic heterocycles. The Labute approximate surface area is 225 Å². The normalized spacial score (nSPS) is 15.7. The van der Waals surface area contributed by atoms with E-state index in [2.05, 4.69) is 15.0 Å². The summed E-state index contributed by atoms with van der Waals surface area (Å²) in [6.45, 7) is 2.19. The van der Waals surface area contributed by atoms with Crippen molar-refractivity contribution in [1.29, 1.82) is 0 Å². The van der Waals surface area contributed by atoms with Crippen molar-refractivity contribution in [2.45, 2.75) is 19.1 Å². The van der Waals surface area contributed by atoms with E-state index in [-0.39, 0.29) is 11.9 Å². The van der Waals surface area contributed by atoms with E-state index >= 15 is 0 Å². The quantitative estimate of drug-likeness (QED) is 0.342. The van der Waals surface area contributed by atoms with Gasteiger partial charge in [-0.25, -0.2) is 14.6 Å². The second-order valence-electron chi connectivity index (χ2n) is 9.40. The van der Waals surface area contributed by atoms with Gasteiger partial charge in [0.05, 0.1) is 22.1 Å². The molecular formula is C27H29ClN8O2. The largest absolute Gasteiger partial charge is 0.486 e. The number of likely N-dealkylation sites (N-methyl/N-ethyl adjacent to an activating group) is 1. The van der Waals surface area contributed by atoms with Crippen molar-refractivity contribution in [1.82, 2.24) is 34.5 Å². The molecule has 1 aliphatic rings. The molecule has 11 heteroatoms. The number of pyridine rings is 1. The third-order valence-electron chi connectivity index (χ3n) is 6.38. The maximum Gasteiger partial charge on any atom is 0.246 e. The first-order valence-corrected chi connectivity index (χ1v) is 12.7. The molecule has 1 unspecified atom stereocenters. The van der Waals surface area contributed by atoms with Gasteiger partial charge in [-0.2, -0.15) is 5.10 Å². The number of ether oxygens (including phenoxy) is 1. The summed E-state index contributed by atoms with van der Waals surface area (Å²) in [6.07, 6.45) is 7.42. The first-order valence-electron chi connectivity index (χ1n) is 12.3. The van der Waals surface area contributed by atoms with E-state index in [1.807, 2.05) is 65.0 Å². The van der Waals surface area contributed by atoms with Gasteiger partial charge in [-0.05, 0) is 50.8 Å². The van der Waals surface area contributed by atoms with Gasteiger partial charge in [0, 0.05) is 37.5 Å². The van der Waals surface area contributed by atoms with Crippen LogP contribution in [-0.4, -0.2) is 74.2 Å². The first kappa shape index (κ1) is 25.6. The highest BCUT2D eigenvalue weighted by Gasteiger charge is 2.30. The molecule has 0 aliphatic carbocycles. The minimum Gasteiger partial charge on any atom is -0.486 e. The molecule has 10 nitrogen and oxygen atoms in total. The number of aromatic nitrogens is 5. The Morgan fingerprint density at radius 1 is 1.24 bits per heavy atom. The number of hydrogen-bond acceptors (Lipinski definition) is 8. The predicted molar refractivity (Wildman–Crippen MR) is 147 cm³/mol. The van der Waals surface area contributed by atoms with Crippen LogP contribution in [0.2, 0.25) is 5.02 Å². The summed E-state index contributed by atoms with van der Waals surface area (Å²) >= 11 is 6.59. The Morgan fingerprint density at radius 2 is 2.11 bits per heavy atom. The van der Waals surface area contributed by atoms with Crippen molar-refractivity contribution < 1.29 is 9.53 Å². The van der Waals surface area contributed by atoms with Crippen LogP contribution in [0.15, 0.2) is 61.1 Å². The highest BCUT2D eigenvalue weighted by atomic mass is 35.5. The SMILES string of the molecule is CN(C)C/C=C/C(=O)N1CCC(n2nc(-c3ccc(OCc4ccccn4)c(Cl)c3)c3c(N)ncnc32)C1. The van der Waals surface area contributed by atoms with Gasteiger partial charge >= 0.3 is 0 Å². The smallest absolute Gasteiger partial charge is 0.246 e. The van der Waals surface area contributed by atoms with Crippen LogP contribution >= 0.6 is 11.6 Å². The van der Waals surface area contributed by atoms with Crippen LogP contribution in [0.3, 0.4) is 0 Å². The number of carbonyl (C=O) groups is 1. The van der Waals surface area contributed by atoms with Crippen molar-refractivity contribution in [3.63, 3.8) is 0 Å². The zero-order chi connectivity index (χ0) is 26.6. The second-order valence-corrected chi connectivity index (χ2v) is 9.80. The summed E-state index contributed by atoms with van der Waals surface area (Å²) in [5, 5.41) is 6.01. The summed E-state index contributed by atoms with van der Waals surface area (Å²) in [6, 6.07) is 11.1. The lowest BCUT2D eigenvalue weighted by Gasteiger charge is -2.15. The number of halogens is 1. The van der Waals surface area contributed by atoms with E-state index in [0.717, 1.165) is 17.7 Å². The van der Waals surface area contributed by atoms with Gasteiger partial charge in [0.2, 0.25) is 5.91 Å². The maximum atomic E-state index is 12.7. The predicted octanol–water partition coefficient (Wildman–Crippen LogP) is 3.59. The lowest BCUT2D eigenvalue weighted by Crippen LogP contribution is -2.28. The lowest BCUT2D eigenvalue weighted by molar-refractivity contribution is -0.125. The van der Waals surface area contributed by atoms with Crippen LogP contribution in [0.1, 0.15) is 18.2 Å². The van der Waals surface area contributed by atoms with Crippen LogP contribution in [0.4, 0.5) is 5.82 Å². The van der Waals surface area contributed by atoms with Crippen molar-refractivity contribution >= 4 is 34.4 Å². The standard InChI is InChI=1S/C27H29ClN8O2/c1-34(2)12-5-7-23(37)35-13-10-20(15-35)36-27-24(26(29)31-17-32-27)25(33-36)18-8-9-22(21(28)14-18)38-16-19-6-3-4-11-30-19/h3-9,11,14,17,20H,10,12-13,15-16H2,1-2H3,(H2,29,31,32)/b7-5+. The Bertz CT molecular complexity index is 1470. The minimum atomic E-state index is -0.0387. The molecule has 0 bridgehead atoms. The lowest BCUT2D eigenvalue weighted by atomic mass is 10.1. The molecule has 1 amide bonds. The number of likely N-dealkylation sites (tertiary alicyclic amines) is 1. The number of hydrogen-bond donors (Lipinski definition) is 1. The van der Waals surface area contributed by atoms with Gasteiger partial charge in [-0.1, -0.05) is 23.7 Å². The molecule has 3 aromatic heterocycles. The Kier molecular flexibility index (Phi) is 7.52. The second kappa shape index (κ2) is 11.2. The summed E-state index contributed by atoms with van der Waals surface area (Å²) in [5.74, 6) is 0.870. The average Bonchev–Trinajstić information content (AvgIpc) is 3.54. The van der Waals surface area contributed by atoms with Gasteiger partial charge in [-0.15, -0.1) is 0 Å². The van der Waals surface area contributed by atoms with Crippen LogP contribution in [0.25, 0.3) is 22.3 Å². The number of carbonyl (C=O) groups excluding carboxylic acids is 1. The molecule has 0 saturated carbocycles. The summed E-state index contributed by atoms with van der Waals surface area (Å²) in [5.41, 5.74) is 9.12. The third kappa shape index (κ3) is 5.46. The van der Waals surface area contributed by atoms with Crippen LogP contribution in [0, 0.1) is 0 Å². The molecule has 4 heterocycles. The number of benzene rings is 1. The van der Waals surface area contributed by atoms with Crippen molar-refractivity contribution in [2.75, 3.05) is 39.5 Å². The minimum absolute atomic E-state index is 0.00625. The zero-order valence-electron chi connectivity index (χ0n) is 21.3. The third-order valence-corrected chi connectivity index (χ3v) is 6.67. The van der Waals surface area contributed by atoms with Gasteiger partial charge in [0.25, 0.3) is 0 Å². The number of nitrogen functional groups attached to an aromatic ring is 1. The fourth-order valence-electron chi connectivity index (χ4n) is 4.46. The van der Waals surface area contributed by atoms with Crippen LogP contribution < -0.4 is 10.5 Å². The summed E-state index contributed by atoms with van der Waals surface area (Å²) in [4.78, 5) is 29.5. The molecule has 0 radical (unpaired) electrons. The number of fused-ring (bicyclic) bond motifs is 1. The monoisotopic (exact) mass is 532 g/mol. The highest BCUT2D eigenvalue weighted by molar-refractivity contribution is 6.32. The Morgan fingerprint density at radius 3 is 2.87 bits per heavy atom. The molecule has 4 aromatic rings. The number of nitrogens with zero attached hydrogens (tertiary/aromatic N) is 7. The van der Waals surface area contributed by atoms with Crippen molar-refractivity contribution in [3.05, 3.63) is 71.8 Å². The van der Waals surface area contributed by atoms with Gasteiger partial charge in [0.1, 0.15) is 30.2 Å². The number of nitrogens with two attached hydrogens (primary N) is 1. The number of rotatable bonds is 8. The van der Waals surface area contributed by atoms with E-state index in [0.29, 0.717) is 59.6 Å².